The average Bonchev–Trinajstić information content (AvgIpc) is 2.36. The number of hydrogen-bond donors (Lipinski definition) is 3. The first kappa shape index (κ1) is 16.4. The van der Waals surface area contributed by atoms with Crippen molar-refractivity contribution in [3.8, 4) is 0 Å². The number of hydrogen-bond acceptors (Lipinski definition) is 4. The van der Waals surface area contributed by atoms with Crippen LogP contribution in [0.3, 0.4) is 0 Å². The summed E-state index contributed by atoms with van der Waals surface area (Å²) < 4.78 is 0. The van der Waals surface area contributed by atoms with Crippen molar-refractivity contribution < 1.29 is 4.79 Å². The fourth-order valence-electron chi connectivity index (χ4n) is 1.59. The van der Waals surface area contributed by atoms with Gasteiger partial charge in [-0.05, 0) is 25.0 Å². The van der Waals surface area contributed by atoms with E-state index in [2.05, 4.69) is 29.5 Å². The average molecular weight is 294 g/mol. The number of rotatable bonds is 7. The normalized spacial score (nSPS) is 10.4. The quantitative estimate of drug-likeness (QED) is 0.666. The van der Waals surface area contributed by atoms with Gasteiger partial charge in [0.05, 0.1) is 5.56 Å². The van der Waals surface area contributed by atoms with E-state index in [0.717, 1.165) is 5.69 Å². The zero-order chi connectivity index (χ0) is 15.1. The minimum atomic E-state index is 0.0238. The van der Waals surface area contributed by atoms with E-state index < -0.39 is 0 Å². The molecule has 1 heterocycles. The Balaban J connectivity index is 2.51. The molecule has 0 spiro atoms. The van der Waals surface area contributed by atoms with Gasteiger partial charge in [-0.15, -0.1) is 0 Å². The Morgan fingerprint density at radius 1 is 1.45 bits per heavy atom. The van der Waals surface area contributed by atoms with Crippen molar-refractivity contribution in [1.29, 1.82) is 0 Å². The van der Waals surface area contributed by atoms with Gasteiger partial charge >= 0.3 is 0 Å². The lowest BCUT2D eigenvalue weighted by Gasteiger charge is -2.11. The zero-order valence-electron chi connectivity index (χ0n) is 12.2. The van der Waals surface area contributed by atoms with E-state index in [1.807, 2.05) is 19.1 Å². The van der Waals surface area contributed by atoms with Crippen molar-refractivity contribution in [2.75, 3.05) is 18.4 Å². The van der Waals surface area contributed by atoms with Crippen molar-refractivity contribution in [1.82, 2.24) is 10.3 Å². The minimum Gasteiger partial charge on any atom is -0.389 e. The van der Waals surface area contributed by atoms with Crippen molar-refractivity contribution in [3.05, 3.63) is 23.4 Å². The number of aromatic nitrogens is 1. The minimum absolute atomic E-state index is 0.0238. The number of aryl methyl sites for hydroxylation is 1. The highest BCUT2D eigenvalue weighted by molar-refractivity contribution is 7.80. The van der Waals surface area contributed by atoms with Crippen molar-refractivity contribution in [2.45, 2.75) is 27.2 Å². The Kier molecular flexibility index (Phi) is 6.38. The van der Waals surface area contributed by atoms with E-state index >= 15 is 0 Å². The summed E-state index contributed by atoms with van der Waals surface area (Å²) in [5, 5.41) is 5.98. The highest BCUT2D eigenvalue weighted by atomic mass is 32.1. The van der Waals surface area contributed by atoms with E-state index in [-0.39, 0.29) is 5.91 Å². The fourth-order valence-corrected chi connectivity index (χ4v) is 1.76. The molecule has 0 saturated heterocycles. The number of carbonyl (C=O) groups is 1. The number of carbonyl (C=O) groups excluding carboxylic acids is 1. The summed E-state index contributed by atoms with van der Waals surface area (Å²) >= 11 is 4.98. The van der Waals surface area contributed by atoms with E-state index in [1.165, 1.54) is 0 Å². The molecule has 0 bridgehead atoms. The highest BCUT2D eigenvalue weighted by Crippen LogP contribution is 2.13. The molecule has 1 rings (SSSR count). The predicted molar refractivity (Wildman–Crippen MR) is 85.8 cm³/mol. The number of amides is 1. The van der Waals surface area contributed by atoms with Gasteiger partial charge in [0.15, 0.2) is 0 Å². The van der Waals surface area contributed by atoms with Crippen LogP contribution in [0.15, 0.2) is 12.1 Å². The number of thiocarbonyl (C=S) groups is 1. The molecule has 0 aromatic carbocycles. The first-order valence-electron chi connectivity index (χ1n) is 6.68. The van der Waals surface area contributed by atoms with Crippen LogP contribution in [0, 0.1) is 12.8 Å². The molecule has 1 aromatic rings. The van der Waals surface area contributed by atoms with Crippen LogP contribution in [0.2, 0.25) is 0 Å². The molecule has 4 N–H and O–H groups in total. The molecule has 1 amide bonds. The number of nitrogens with zero attached hydrogens (tertiary/aromatic N) is 1. The third-order valence-electron chi connectivity index (χ3n) is 2.65. The lowest BCUT2D eigenvalue weighted by atomic mass is 10.2. The second-order valence-electron chi connectivity index (χ2n) is 5.09. The smallest absolute Gasteiger partial charge is 0.221 e. The van der Waals surface area contributed by atoms with Gasteiger partial charge in [0, 0.05) is 25.2 Å². The van der Waals surface area contributed by atoms with E-state index in [0.29, 0.717) is 41.8 Å². The zero-order valence-corrected chi connectivity index (χ0v) is 13.0. The Bertz CT molecular complexity index is 488. The Hall–Kier alpha value is -1.69. The van der Waals surface area contributed by atoms with Crippen LogP contribution >= 0.6 is 12.2 Å². The molecule has 0 aliphatic rings. The van der Waals surface area contributed by atoms with Crippen LogP contribution in [0.4, 0.5) is 5.82 Å². The number of nitrogens with two attached hydrogens (primary N) is 1. The number of pyridine rings is 1. The summed E-state index contributed by atoms with van der Waals surface area (Å²) in [7, 11) is 0. The molecule has 6 heteroatoms. The third-order valence-corrected chi connectivity index (χ3v) is 2.87. The van der Waals surface area contributed by atoms with E-state index in [9.17, 15) is 4.79 Å². The molecule has 110 valence electrons. The van der Waals surface area contributed by atoms with Gasteiger partial charge in [0.25, 0.3) is 0 Å². The summed E-state index contributed by atoms with van der Waals surface area (Å²) in [6.45, 7) is 7.20. The van der Waals surface area contributed by atoms with Crippen LogP contribution in [0.1, 0.15) is 31.5 Å². The highest BCUT2D eigenvalue weighted by Gasteiger charge is 2.08. The molecule has 0 aliphatic carbocycles. The maximum Gasteiger partial charge on any atom is 0.221 e. The molecule has 20 heavy (non-hydrogen) atoms. The summed E-state index contributed by atoms with van der Waals surface area (Å²) in [5.41, 5.74) is 7.22. The number of anilines is 1. The maximum absolute atomic E-state index is 11.6. The monoisotopic (exact) mass is 294 g/mol. The van der Waals surface area contributed by atoms with E-state index in [4.69, 9.17) is 18.0 Å². The number of nitrogens with one attached hydrogen (secondary N) is 2. The second kappa shape index (κ2) is 7.79. The first-order valence-corrected chi connectivity index (χ1v) is 7.09. The summed E-state index contributed by atoms with van der Waals surface area (Å²) in [6, 6.07) is 3.70. The van der Waals surface area contributed by atoms with Crippen molar-refractivity contribution >= 4 is 28.9 Å². The Labute approximate surface area is 125 Å². The largest absolute Gasteiger partial charge is 0.389 e. The lowest BCUT2D eigenvalue weighted by Crippen LogP contribution is -2.29. The van der Waals surface area contributed by atoms with Crippen LogP contribution in [0.5, 0.6) is 0 Å². The molecule has 1 aromatic heterocycles. The lowest BCUT2D eigenvalue weighted by molar-refractivity contribution is -0.120. The predicted octanol–water partition coefficient (Wildman–Crippen LogP) is 1.60. The van der Waals surface area contributed by atoms with Gasteiger partial charge < -0.3 is 16.4 Å². The van der Waals surface area contributed by atoms with Crippen LogP contribution in [-0.4, -0.2) is 29.0 Å². The van der Waals surface area contributed by atoms with Gasteiger partial charge in [0.2, 0.25) is 5.91 Å². The first-order chi connectivity index (χ1) is 9.40. The maximum atomic E-state index is 11.6. The SMILES string of the molecule is Cc1ccc(C(N)=S)c(NCCC(=O)NCC(C)C)n1. The molecule has 0 aliphatic heterocycles. The van der Waals surface area contributed by atoms with Gasteiger partial charge in [-0.3, -0.25) is 4.79 Å². The summed E-state index contributed by atoms with van der Waals surface area (Å²) in [6.07, 6.45) is 0.388. The van der Waals surface area contributed by atoms with Crippen molar-refractivity contribution in [2.24, 2.45) is 11.7 Å². The molecular weight excluding hydrogens is 272 g/mol. The molecular formula is C14H22N4OS. The topological polar surface area (TPSA) is 80.0 Å². The Morgan fingerprint density at radius 2 is 2.15 bits per heavy atom. The summed E-state index contributed by atoms with van der Waals surface area (Å²) in [5.74, 6) is 1.11. The van der Waals surface area contributed by atoms with Crippen LogP contribution in [0.25, 0.3) is 0 Å². The van der Waals surface area contributed by atoms with Gasteiger partial charge in [-0.1, -0.05) is 26.1 Å². The molecule has 0 saturated carbocycles. The summed E-state index contributed by atoms with van der Waals surface area (Å²) in [4.78, 5) is 16.3. The Morgan fingerprint density at radius 3 is 2.75 bits per heavy atom. The van der Waals surface area contributed by atoms with Crippen LogP contribution < -0.4 is 16.4 Å². The molecule has 0 fully saturated rings. The van der Waals surface area contributed by atoms with Gasteiger partial charge in [-0.2, -0.15) is 0 Å². The standard InChI is InChI=1S/C14H22N4OS/c1-9(2)8-17-12(19)6-7-16-14-11(13(15)20)5-4-10(3)18-14/h4-5,9H,6-8H2,1-3H3,(H2,15,20)(H,16,18)(H,17,19). The van der Waals surface area contributed by atoms with E-state index in [1.54, 1.807) is 0 Å². The van der Waals surface area contributed by atoms with Gasteiger partial charge in [0.1, 0.15) is 10.8 Å². The third kappa shape index (κ3) is 5.52. The molecule has 0 atom stereocenters. The second-order valence-corrected chi connectivity index (χ2v) is 5.53. The molecule has 0 radical (unpaired) electrons. The van der Waals surface area contributed by atoms with Gasteiger partial charge in [-0.25, -0.2) is 4.98 Å². The van der Waals surface area contributed by atoms with Crippen LogP contribution in [-0.2, 0) is 4.79 Å². The molecule has 0 unspecified atom stereocenters. The molecule has 5 nitrogen and oxygen atoms in total. The fraction of sp³-hybridized carbons (Fsp3) is 0.500. The van der Waals surface area contributed by atoms with Crippen molar-refractivity contribution in [3.63, 3.8) is 0 Å².